The molecule has 0 aliphatic rings. The summed E-state index contributed by atoms with van der Waals surface area (Å²) in [6, 6.07) is 16.2. The SMILES string of the molecule is CC(C)c1cc(C(C)C)c(-c2cccc(-c3c(C(C)C)cc(C(C)C)cc3C(C)C)[c]2[Sn]([Cl])([Cl])[Cl])c(C(C)C)c1. The van der Waals surface area contributed by atoms with Crippen molar-refractivity contribution in [1.29, 1.82) is 0 Å². The molecule has 0 saturated carbocycles. The summed E-state index contributed by atoms with van der Waals surface area (Å²) in [6.07, 6.45) is 0. The van der Waals surface area contributed by atoms with Crippen LogP contribution in [0.3, 0.4) is 0 Å². The molecule has 0 radical (unpaired) electrons. The zero-order valence-electron chi connectivity index (χ0n) is 26.6. The van der Waals surface area contributed by atoms with Gasteiger partial charge in [0.1, 0.15) is 0 Å². The van der Waals surface area contributed by atoms with Crippen LogP contribution in [-0.4, -0.2) is 15.0 Å². The Morgan fingerprint density at radius 1 is 0.450 bits per heavy atom. The van der Waals surface area contributed by atoms with Crippen molar-refractivity contribution in [3.8, 4) is 22.3 Å². The predicted molar refractivity (Wildman–Crippen MR) is 185 cm³/mol. The first-order valence-corrected chi connectivity index (χ1v) is 27.3. The molecule has 3 rings (SSSR count). The summed E-state index contributed by atoms with van der Waals surface area (Å²) >= 11 is -4.28. The molecule has 40 heavy (non-hydrogen) atoms. The van der Waals surface area contributed by atoms with Crippen molar-refractivity contribution >= 4 is 45.3 Å². The maximum absolute atomic E-state index is 7.20. The van der Waals surface area contributed by atoms with Gasteiger partial charge < -0.3 is 0 Å². The summed E-state index contributed by atoms with van der Waals surface area (Å²) in [6.45, 7) is 27.4. The average molecular weight is 707 g/mol. The van der Waals surface area contributed by atoms with Gasteiger partial charge in [-0.15, -0.1) is 0 Å². The van der Waals surface area contributed by atoms with Crippen LogP contribution in [0.15, 0.2) is 42.5 Å². The first-order valence-electron chi connectivity index (χ1n) is 15.0. The van der Waals surface area contributed by atoms with Crippen molar-refractivity contribution in [2.75, 3.05) is 0 Å². The van der Waals surface area contributed by atoms with E-state index in [-0.39, 0.29) is 0 Å². The Kier molecular flexibility index (Phi) is 11.3. The van der Waals surface area contributed by atoms with E-state index in [0.717, 1.165) is 14.7 Å². The molecule has 0 unspecified atom stereocenters. The second-order valence-electron chi connectivity index (χ2n) is 13.3. The average Bonchev–Trinajstić information content (AvgIpc) is 2.85. The quantitative estimate of drug-likeness (QED) is 0.194. The van der Waals surface area contributed by atoms with Gasteiger partial charge in [-0.3, -0.25) is 0 Å². The van der Waals surface area contributed by atoms with Crippen LogP contribution < -0.4 is 3.58 Å². The summed E-state index contributed by atoms with van der Waals surface area (Å²) in [4.78, 5) is 0. The van der Waals surface area contributed by atoms with E-state index in [1.54, 1.807) is 0 Å². The zero-order valence-corrected chi connectivity index (χ0v) is 31.8. The van der Waals surface area contributed by atoms with E-state index >= 15 is 0 Å². The Labute approximate surface area is 260 Å². The van der Waals surface area contributed by atoms with E-state index in [4.69, 9.17) is 26.8 Å². The Balaban J connectivity index is 2.60. The van der Waals surface area contributed by atoms with Gasteiger partial charge in [0.2, 0.25) is 0 Å². The van der Waals surface area contributed by atoms with Crippen LogP contribution in [0.25, 0.3) is 22.3 Å². The molecule has 0 aromatic heterocycles. The number of hydrogen-bond donors (Lipinski definition) is 0. The van der Waals surface area contributed by atoms with Crippen LogP contribution in [0.4, 0.5) is 0 Å². The van der Waals surface area contributed by atoms with E-state index in [0.29, 0.717) is 35.5 Å². The molecule has 0 fully saturated rings. The molecule has 4 heteroatoms. The van der Waals surface area contributed by atoms with Crippen molar-refractivity contribution in [2.24, 2.45) is 0 Å². The molecule has 0 heterocycles. The zero-order chi connectivity index (χ0) is 30.3. The third kappa shape index (κ3) is 7.10. The van der Waals surface area contributed by atoms with E-state index in [2.05, 4.69) is 126 Å². The summed E-state index contributed by atoms with van der Waals surface area (Å²) in [5.41, 5.74) is 12.9. The van der Waals surface area contributed by atoms with Gasteiger partial charge >= 0.3 is 262 Å². The van der Waals surface area contributed by atoms with Gasteiger partial charge in [-0.2, -0.15) is 0 Å². The third-order valence-electron chi connectivity index (χ3n) is 8.15. The first kappa shape index (κ1) is 33.8. The van der Waals surface area contributed by atoms with Gasteiger partial charge in [-0.25, -0.2) is 0 Å². The summed E-state index contributed by atoms with van der Waals surface area (Å²) < 4.78 is 0.990. The predicted octanol–water partition coefficient (Wildman–Crippen LogP) is 12.6. The van der Waals surface area contributed by atoms with Gasteiger partial charge in [-0.1, -0.05) is 0 Å². The number of rotatable bonds is 9. The van der Waals surface area contributed by atoms with Crippen molar-refractivity contribution < 1.29 is 0 Å². The van der Waals surface area contributed by atoms with Gasteiger partial charge in [0.05, 0.1) is 0 Å². The third-order valence-corrected chi connectivity index (χ3v) is 15.1. The van der Waals surface area contributed by atoms with Crippen molar-refractivity contribution in [3.05, 3.63) is 75.8 Å². The first-order chi connectivity index (χ1) is 18.5. The number of halogens is 3. The van der Waals surface area contributed by atoms with Crippen molar-refractivity contribution in [2.45, 2.75) is 119 Å². The standard InChI is InChI=1S/C36H49.3ClH.Sn/c1-21(2)29-17-31(23(5)6)35(32(18-29)24(7)8)27-14-13-15-28(16-27)36-33(25(9)10)19-30(22(3)4)20-34(36)26(11)12;;;;/h13-15,17-26H,1-12H3;3*1H;/q;;;;+3/p-3. The van der Waals surface area contributed by atoms with Gasteiger partial charge in [-0.05, 0) is 0 Å². The summed E-state index contributed by atoms with van der Waals surface area (Å²) in [7, 11) is 21.6. The van der Waals surface area contributed by atoms with E-state index in [9.17, 15) is 0 Å². The van der Waals surface area contributed by atoms with Crippen LogP contribution in [0.2, 0.25) is 0 Å². The van der Waals surface area contributed by atoms with Gasteiger partial charge in [0.15, 0.2) is 0 Å². The molecule has 0 saturated heterocycles. The Hall–Kier alpha value is -0.671. The molecular weight excluding hydrogens is 657 g/mol. The molecule has 3 aromatic rings. The fraction of sp³-hybridized carbons (Fsp3) is 0.500. The van der Waals surface area contributed by atoms with Crippen LogP contribution in [0, 0.1) is 0 Å². The molecular formula is C36H49Cl3Sn. The molecule has 0 atom stereocenters. The van der Waals surface area contributed by atoms with Crippen LogP contribution in [0.5, 0.6) is 0 Å². The molecule has 0 bridgehead atoms. The number of hydrogen-bond acceptors (Lipinski definition) is 0. The Bertz CT molecular complexity index is 1190. The topological polar surface area (TPSA) is 0 Å². The molecule has 0 N–H and O–H groups in total. The van der Waals surface area contributed by atoms with Crippen LogP contribution in [-0.2, 0) is 0 Å². The maximum atomic E-state index is 7.20. The second kappa shape index (κ2) is 13.3. The second-order valence-corrected chi connectivity index (χ2v) is 32.9. The minimum atomic E-state index is -4.28. The van der Waals surface area contributed by atoms with Gasteiger partial charge in [0, 0.05) is 0 Å². The fourth-order valence-corrected chi connectivity index (χ4v) is 12.8. The number of benzene rings is 3. The molecule has 0 spiro atoms. The van der Waals surface area contributed by atoms with Crippen LogP contribution in [0.1, 0.15) is 152 Å². The molecule has 218 valence electrons. The monoisotopic (exact) mass is 706 g/mol. The Morgan fingerprint density at radius 3 is 0.925 bits per heavy atom. The minimum absolute atomic E-state index is 0.344. The summed E-state index contributed by atoms with van der Waals surface area (Å²) in [5, 5.41) is 0. The van der Waals surface area contributed by atoms with E-state index in [1.165, 1.54) is 44.5 Å². The van der Waals surface area contributed by atoms with E-state index < -0.39 is 15.0 Å². The molecule has 0 aliphatic carbocycles. The molecule has 0 amide bonds. The summed E-state index contributed by atoms with van der Waals surface area (Å²) in [5.74, 6) is 2.27. The Morgan fingerprint density at radius 2 is 0.725 bits per heavy atom. The molecule has 0 nitrogen and oxygen atoms in total. The van der Waals surface area contributed by atoms with E-state index in [1.807, 2.05) is 0 Å². The van der Waals surface area contributed by atoms with Crippen molar-refractivity contribution in [1.82, 2.24) is 0 Å². The fourth-order valence-electron chi connectivity index (χ4n) is 5.81. The molecule has 3 aromatic carbocycles. The molecule has 0 aliphatic heterocycles. The van der Waals surface area contributed by atoms with Gasteiger partial charge in [0.25, 0.3) is 0 Å². The van der Waals surface area contributed by atoms with Crippen LogP contribution >= 0.6 is 26.8 Å². The normalized spacial score (nSPS) is 12.7. The van der Waals surface area contributed by atoms with Crippen molar-refractivity contribution in [3.63, 3.8) is 0 Å².